The van der Waals surface area contributed by atoms with Gasteiger partial charge in [-0.3, -0.25) is 0 Å². The molecule has 5 nitrogen and oxygen atoms in total. The number of H-pyrrole nitrogens is 1. The van der Waals surface area contributed by atoms with Crippen LogP contribution >= 0.6 is 11.5 Å². The van der Waals surface area contributed by atoms with Crippen molar-refractivity contribution in [1.29, 1.82) is 0 Å². The molecule has 6 heteroatoms. The van der Waals surface area contributed by atoms with Crippen molar-refractivity contribution in [3.05, 3.63) is 72.2 Å². The molecule has 2 heterocycles. The molecular weight excluding hydrogens is 342 g/mol. The standard InChI is InChI=1S/C20H21N5S/c21-17(19-16-8-4-5-9-18(16)26-25-19)10-11-22-12-15-13-23-20(24-15)14-6-2-1-3-7-14/h1-9,13,17,22H,10-12,21H2,(H,23,24). The summed E-state index contributed by atoms with van der Waals surface area (Å²) in [5, 5.41) is 4.59. The Balaban J connectivity index is 1.29. The number of fused-ring (bicyclic) bond motifs is 1. The van der Waals surface area contributed by atoms with E-state index in [1.165, 1.54) is 21.6 Å². The molecule has 0 bridgehead atoms. The molecule has 132 valence electrons. The molecule has 2 aromatic heterocycles. The average Bonchev–Trinajstić information content (AvgIpc) is 3.33. The van der Waals surface area contributed by atoms with Gasteiger partial charge in [0.15, 0.2) is 0 Å². The van der Waals surface area contributed by atoms with Crippen LogP contribution in [0.5, 0.6) is 0 Å². The summed E-state index contributed by atoms with van der Waals surface area (Å²) >= 11 is 1.51. The number of aromatic amines is 1. The van der Waals surface area contributed by atoms with Crippen molar-refractivity contribution in [2.75, 3.05) is 6.54 Å². The van der Waals surface area contributed by atoms with Crippen LogP contribution in [-0.4, -0.2) is 20.9 Å². The molecule has 0 saturated heterocycles. The summed E-state index contributed by atoms with van der Waals surface area (Å²) in [5.41, 5.74) is 9.44. The maximum absolute atomic E-state index is 6.35. The van der Waals surface area contributed by atoms with E-state index < -0.39 is 0 Å². The van der Waals surface area contributed by atoms with Gasteiger partial charge in [-0.15, -0.1) is 0 Å². The summed E-state index contributed by atoms with van der Waals surface area (Å²) in [4.78, 5) is 7.86. The SMILES string of the molecule is NC(CCNCc1c[nH]c(-c2ccccc2)n1)c1nsc2ccccc12. The van der Waals surface area contributed by atoms with Crippen LogP contribution in [0.25, 0.3) is 21.5 Å². The number of nitrogens with one attached hydrogen (secondary N) is 2. The zero-order chi connectivity index (χ0) is 17.8. The minimum Gasteiger partial charge on any atom is -0.344 e. The van der Waals surface area contributed by atoms with Crippen molar-refractivity contribution in [2.24, 2.45) is 5.73 Å². The number of rotatable bonds is 7. The smallest absolute Gasteiger partial charge is 0.137 e. The first-order valence-electron chi connectivity index (χ1n) is 8.71. The average molecular weight is 363 g/mol. The monoisotopic (exact) mass is 363 g/mol. The molecule has 1 unspecified atom stereocenters. The van der Waals surface area contributed by atoms with Crippen LogP contribution in [0.15, 0.2) is 60.8 Å². The van der Waals surface area contributed by atoms with Crippen LogP contribution in [0, 0.1) is 0 Å². The van der Waals surface area contributed by atoms with Gasteiger partial charge < -0.3 is 16.0 Å². The largest absolute Gasteiger partial charge is 0.344 e. The van der Waals surface area contributed by atoms with E-state index in [0.29, 0.717) is 6.54 Å². The minimum absolute atomic E-state index is 0.0577. The second kappa shape index (κ2) is 7.78. The molecule has 0 fully saturated rings. The van der Waals surface area contributed by atoms with Crippen molar-refractivity contribution in [2.45, 2.75) is 19.0 Å². The highest BCUT2D eigenvalue weighted by Crippen LogP contribution is 2.27. The van der Waals surface area contributed by atoms with E-state index in [4.69, 9.17) is 5.73 Å². The van der Waals surface area contributed by atoms with Gasteiger partial charge in [-0.25, -0.2) is 4.98 Å². The minimum atomic E-state index is -0.0577. The Morgan fingerprint density at radius 1 is 1.08 bits per heavy atom. The van der Waals surface area contributed by atoms with Crippen LogP contribution in [0.2, 0.25) is 0 Å². The van der Waals surface area contributed by atoms with Crippen LogP contribution in [-0.2, 0) is 6.54 Å². The first kappa shape index (κ1) is 16.9. The number of nitrogens with zero attached hydrogens (tertiary/aromatic N) is 2. The predicted molar refractivity (Wildman–Crippen MR) is 107 cm³/mol. The normalized spacial score (nSPS) is 12.5. The third-order valence-corrected chi connectivity index (χ3v) is 5.21. The third kappa shape index (κ3) is 3.67. The lowest BCUT2D eigenvalue weighted by Crippen LogP contribution is -2.21. The van der Waals surface area contributed by atoms with Gasteiger partial charge in [-0.1, -0.05) is 48.5 Å². The van der Waals surface area contributed by atoms with Crippen LogP contribution < -0.4 is 11.1 Å². The van der Waals surface area contributed by atoms with Crippen molar-refractivity contribution in [3.8, 4) is 11.4 Å². The van der Waals surface area contributed by atoms with E-state index in [-0.39, 0.29) is 6.04 Å². The Morgan fingerprint density at radius 3 is 2.77 bits per heavy atom. The Hall–Kier alpha value is -2.54. The lowest BCUT2D eigenvalue weighted by Gasteiger charge is -2.10. The van der Waals surface area contributed by atoms with Crippen LogP contribution in [0.1, 0.15) is 23.9 Å². The number of benzene rings is 2. The summed E-state index contributed by atoms with van der Waals surface area (Å²) in [6, 6.07) is 18.3. The number of imidazole rings is 1. The van der Waals surface area contributed by atoms with Crippen molar-refractivity contribution in [1.82, 2.24) is 19.7 Å². The molecule has 0 saturated carbocycles. The van der Waals surface area contributed by atoms with E-state index in [2.05, 4.69) is 31.8 Å². The van der Waals surface area contributed by atoms with Crippen molar-refractivity contribution >= 4 is 21.6 Å². The van der Waals surface area contributed by atoms with Gasteiger partial charge in [0, 0.05) is 29.7 Å². The number of nitrogens with two attached hydrogens (primary N) is 1. The topological polar surface area (TPSA) is 79.6 Å². The molecular formula is C20H21N5S. The number of hydrogen-bond donors (Lipinski definition) is 3. The van der Waals surface area contributed by atoms with Gasteiger partial charge >= 0.3 is 0 Å². The summed E-state index contributed by atoms with van der Waals surface area (Å²) in [7, 11) is 0. The van der Waals surface area contributed by atoms with E-state index >= 15 is 0 Å². The molecule has 0 aliphatic carbocycles. The molecule has 1 atom stereocenters. The predicted octanol–water partition coefficient (Wildman–Crippen LogP) is 3.87. The first-order valence-corrected chi connectivity index (χ1v) is 9.49. The van der Waals surface area contributed by atoms with Gasteiger partial charge in [0.2, 0.25) is 0 Å². The fourth-order valence-corrected chi connectivity index (χ4v) is 3.82. The first-order chi connectivity index (χ1) is 12.8. The highest BCUT2D eigenvalue weighted by molar-refractivity contribution is 7.13. The zero-order valence-corrected chi connectivity index (χ0v) is 15.2. The fourth-order valence-electron chi connectivity index (χ4n) is 2.98. The van der Waals surface area contributed by atoms with Crippen LogP contribution in [0.3, 0.4) is 0 Å². The van der Waals surface area contributed by atoms with Gasteiger partial charge in [-0.05, 0) is 30.6 Å². The molecule has 2 aromatic carbocycles. The molecule has 0 amide bonds. The van der Waals surface area contributed by atoms with E-state index in [0.717, 1.165) is 35.7 Å². The van der Waals surface area contributed by atoms with Gasteiger partial charge in [0.1, 0.15) is 5.82 Å². The second-order valence-electron chi connectivity index (χ2n) is 6.24. The van der Waals surface area contributed by atoms with Crippen molar-refractivity contribution < 1.29 is 0 Å². The molecule has 26 heavy (non-hydrogen) atoms. The van der Waals surface area contributed by atoms with E-state index in [1.807, 2.05) is 48.7 Å². The van der Waals surface area contributed by atoms with E-state index in [9.17, 15) is 0 Å². The second-order valence-corrected chi connectivity index (χ2v) is 7.05. The lowest BCUT2D eigenvalue weighted by atomic mass is 10.1. The van der Waals surface area contributed by atoms with Gasteiger partial charge in [-0.2, -0.15) is 4.37 Å². The summed E-state index contributed by atoms with van der Waals surface area (Å²) in [6.45, 7) is 1.54. The number of aromatic nitrogens is 3. The lowest BCUT2D eigenvalue weighted by molar-refractivity contribution is 0.573. The highest BCUT2D eigenvalue weighted by Gasteiger charge is 2.13. The molecule has 0 aliphatic rings. The Bertz CT molecular complexity index is 976. The molecule has 4 aromatic rings. The Labute approximate surface area is 156 Å². The molecule has 0 radical (unpaired) electrons. The molecule has 0 spiro atoms. The summed E-state index contributed by atoms with van der Waals surface area (Å²) in [6.07, 6.45) is 2.78. The fraction of sp³-hybridized carbons (Fsp3) is 0.200. The van der Waals surface area contributed by atoms with Crippen molar-refractivity contribution in [3.63, 3.8) is 0 Å². The molecule has 4 rings (SSSR count). The van der Waals surface area contributed by atoms with Crippen LogP contribution in [0.4, 0.5) is 0 Å². The third-order valence-electron chi connectivity index (χ3n) is 4.37. The number of hydrogen-bond acceptors (Lipinski definition) is 5. The van der Waals surface area contributed by atoms with E-state index in [1.54, 1.807) is 0 Å². The zero-order valence-electron chi connectivity index (χ0n) is 14.4. The summed E-state index contributed by atoms with van der Waals surface area (Å²) < 4.78 is 5.73. The Morgan fingerprint density at radius 2 is 1.88 bits per heavy atom. The molecule has 4 N–H and O–H groups in total. The van der Waals surface area contributed by atoms with Gasteiger partial charge in [0.05, 0.1) is 16.1 Å². The quantitative estimate of drug-likeness (QED) is 0.436. The maximum Gasteiger partial charge on any atom is 0.137 e. The summed E-state index contributed by atoms with van der Waals surface area (Å²) in [5.74, 6) is 0.896. The van der Waals surface area contributed by atoms with Gasteiger partial charge in [0.25, 0.3) is 0 Å². The highest BCUT2D eigenvalue weighted by atomic mass is 32.1. The Kier molecular flexibility index (Phi) is 5.06. The maximum atomic E-state index is 6.35. The molecule has 0 aliphatic heterocycles.